The van der Waals surface area contributed by atoms with Crippen molar-refractivity contribution in [3.63, 3.8) is 0 Å². The number of rotatable bonds is 4. The third-order valence-electron chi connectivity index (χ3n) is 1.80. The first kappa shape index (κ1) is 12.2. The fourth-order valence-electron chi connectivity index (χ4n) is 1.23. The molecule has 0 saturated heterocycles. The molecule has 82 valence electrons. The van der Waals surface area contributed by atoms with Gasteiger partial charge in [0.15, 0.2) is 11.6 Å². The van der Waals surface area contributed by atoms with Gasteiger partial charge in [0.2, 0.25) is 0 Å². The van der Waals surface area contributed by atoms with Gasteiger partial charge >= 0.3 is 0 Å². The van der Waals surface area contributed by atoms with Crippen molar-refractivity contribution in [2.45, 2.75) is 30.4 Å². The average molecular weight is 230 g/mol. The number of carbonyl (C=O) groups excluding carboxylic acids is 1. The Hall–Kier alpha value is -0.900. The summed E-state index contributed by atoms with van der Waals surface area (Å²) < 4.78 is 25.4. The molecule has 1 atom stereocenters. The minimum absolute atomic E-state index is 0.0763. The van der Waals surface area contributed by atoms with Crippen molar-refractivity contribution in [1.82, 2.24) is 0 Å². The largest absolute Gasteiger partial charge is 0.300 e. The van der Waals surface area contributed by atoms with E-state index in [4.69, 9.17) is 0 Å². The smallest absolute Gasteiger partial charge is 0.159 e. The van der Waals surface area contributed by atoms with Gasteiger partial charge in [0.05, 0.1) is 0 Å². The van der Waals surface area contributed by atoms with Crippen molar-refractivity contribution >= 4 is 17.5 Å². The lowest BCUT2D eigenvalue weighted by atomic mass is 10.2. The maximum Gasteiger partial charge on any atom is 0.159 e. The van der Waals surface area contributed by atoms with Gasteiger partial charge in [0, 0.05) is 16.6 Å². The number of halogens is 2. The molecule has 0 aliphatic carbocycles. The van der Waals surface area contributed by atoms with E-state index in [0.717, 1.165) is 12.1 Å². The number of benzene rings is 1. The Kier molecular flexibility index (Phi) is 4.27. The van der Waals surface area contributed by atoms with Crippen LogP contribution in [0.25, 0.3) is 0 Å². The van der Waals surface area contributed by atoms with Gasteiger partial charge < -0.3 is 0 Å². The van der Waals surface area contributed by atoms with Crippen LogP contribution in [0, 0.1) is 11.6 Å². The molecule has 0 bridgehead atoms. The molecule has 0 aromatic heterocycles. The van der Waals surface area contributed by atoms with E-state index >= 15 is 0 Å². The summed E-state index contributed by atoms with van der Waals surface area (Å²) in [7, 11) is 0. The van der Waals surface area contributed by atoms with Crippen LogP contribution in [0.1, 0.15) is 20.3 Å². The first-order valence-corrected chi connectivity index (χ1v) is 5.48. The molecule has 0 fully saturated rings. The van der Waals surface area contributed by atoms with E-state index in [9.17, 15) is 13.6 Å². The molecule has 1 nitrogen and oxygen atoms in total. The Morgan fingerprint density at radius 3 is 2.60 bits per heavy atom. The number of thioether (sulfide) groups is 1. The van der Waals surface area contributed by atoms with Crippen LogP contribution >= 0.6 is 11.8 Å². The zero-order valence-electron chi connectivity index (χ0n) is 8.59. The second-order valence-corrected chi connectivity index (χ2v) is 4.92. The molecule has 1 aromatic carbocycles. The zero-order valence-corrected chi connectivity index (χ0v) is 9.41. The molecular formula is C11H12F2OS. The van der Waals surface area contributed by atoms with Crippen molar-refractivity contribution in [2.75, 3.05) is 0 Å². The highest BCUT2D eigenvalue weighted by Gasteiger charge is 2.09. The van der Waals surface area contributed by atoms with Gasteiger partial charge in [-0.1, -0.05) is 6.92 Å². The van der Waals surface area contributed by atoms with Crippen molar-refractivity contribution in [1.29, 1.82) is 0 Å². The van der Waals surface area contributed by atoms with E-state index in [1.54, 1.807) is 0 Å². The zero-order chi connectivity index (χ0) is 11.4. The van der Waals surface area contributed by atoms with E-state index < -0.39 is 11.6 Å². The second kappa shape index (κ2) is 5.26. The fraction of sp³-hybridized carbons (Fsp3) is 0.364. The van der Waals surface area contributed by atoms with Crippen LogP contribution in [0.4, 0.5) is 8.78 Å². The molecule has 0 heterocycles. The molecule has 0 aliphatic rings. The number of Topliss-reactive ketones (excluding diaryl/α,β-unsaturated/α-hetero) is 1. The molecule has 1 rings (SSSR count). The lowest BCUT2D eigenvalue weighted by molar-refractivity contribution is -0.116. The SMILES string of the molecule is CC(=O)CC(C)Sc1ccc(F)c(F)c1. The van der Waals surface area contributed by atoms with Crippen LogP contribution in [-0.4, -0.2) is 11.0 Å². The molecule has 0 aliphatic heterocycles. The average Bonchev–Trinajstić information content (AvgIpc) is 2.10. The molecule has 0 spiro atoms. The predicted molar refractivity (Wildman–Crippen MR) is 57.0 cm³/mol. The maximum absolute atomic E-state index is 12.8. The number of hydrogen-bond donors (Lipinski definition) is 0. The third kappa shape index (κ3) is 4.00. The summed E-state index contributed by atoms with van der Waals surface area (Å²) in [5.41, 5.74) is 0. The summed E-state index contributed by atoms with van der Waals surface area (Å²) in [5.74, 6) is -1.61. The van der Waals surface area contributed by atoms with Gasteiger partial charge in [-0.15, -0.1) is 11.8 Å². The summed E-state index contributed by atoms with van der Waals surface area (Å²) in [6.07, 6.45) is 0.434. The van der Waals surface area contributed by atoms with Crippen molar-refractivity contribution in [2.24, 2.45) is 0 Å². The Balaban J connectivity index is 2.64. The Morgan fingerprint density at radius 2 is 2.07 bits per heavy atom. The summed E-state index contributed by atoms with van der Waals surface area (Å²) >= 11 is 1.37. The van der Waals surface area contributed by atoms with E-state index in [0.29, 0.717) is 11.3 Å². The molecular weight excluding hydrogens is 218 g/mol. The fourth-order valence-corrected chi connectivity index (χ4v) is 2.33. The molecule has 15 heavy (non-hydrogen) atoms. The minimum Gasteiger partial charge on any atom is -0.300 e. The second-order valence-electron chi connectivity index (χ2n) is 3.41. The summed E-state index contributed by atoms with van der Waals surface area (Å²) in [6.45, 7) is 3.40. The predicted octanol–water partition coefficient (Wildman–Crippen LogP) is 3.42. The normalized spacial score (nSPS) is 12.5. The van der Waals surface area contributed by atoms with Crippen molar-refractivity contribution in [3.8, 4) is 0 Å². The quantitative estimate of drug-likeness (QED) is 0.737. The number of ketones is 1. The highest BCUT2D eigenvalue weighted by atomic mass is 32.2. The Morgan fingerprint density at radius 1 is 1.40 bits per heavy atom. The first-order valence-electron chi connectivity index (χ1n) is 4.60. The summed E-state index contributed by atoms with van der Waals surface area (Å²) in [6, 6.07) is 3.76. The van der Waals surface area contributed by atoms with Crippen molar-refractivity contribution < 1.29 is 13.6 Å². The standard InChI is InChI=1S/C11H12F2OS/c1-7(14)5-8(2)15-9-3-4-10(12)11(13)6-9/h3-4,6,8H,5H2,1-2H3. The van der Waals surface area contributed by atoms with Gasteiger partial charge in [0.1, 0.15) is 5.78 Å². The van der Waals surface area contributed by atoms with E-state index in [2.05, 4.69) is 0 Å². The van der Waals surface area contributed by atoms with Crippen LogP contribution in [0.3, 0.4) is 0 Å². The number of carbonyl (C=O) groups is 1. The minimum atomic E-state index is -0.852. The lowest BCUT2D eigenvalue weighted by Gasteiger charge is -2.08. The van der Waals surface area contributed by atoms with Crippen LogP contribution in [0.15, 0.2) is 23.1 Å². The Bertz CT molecular complexity index is 366. The Labute approximate surface area is 91.9 Å². The molecule has 0 N–H and O–H groups in total. The molecule has 4 heteroatoms. The molecule has 0 radical (unpaired) electrons. The topological polar surface area (TPSA) is 17.1 Å². The summed E-state index contributed by atoms with van der Waals surface area (Å²) in [5, 5.41) is 0.0763. The first-order chi connectivity index (χ1) is 6.99. The van der Waals surface area contributed by atoms with Gasteiger partial charge in [-0.3, -0.25) is 4.79 Å². The molecule has 1 unspecified atom stereocenters. The monoisotopic (exact) mass is 230 g/mol. The summed E-state index contributed by atoms with van der Waals surface area (Å²) in [4.78, 5) is 11.5. The van der Waals surface area contributed by atoms with Crippen LogP contribution in [0.5, 0.6) is 0 Å². The molecule has 0 amide bonds. The van der Waals surface area contributed by atoms with Gasteiger partial charge in [-0.2, -0.15) is 0 Å². The van der Waals surface area contributed by atoms with Crippen molar-refractivity contribution in [3.05, 3.63) is 29.8 Å². The van der Waals surface area contributed by atoms with Gasteiger partial charge in [-0.05, 0) is 25.1 Å². The van der Waals surface area contributed by atoms with Crippen LogP contribution in [0.2, 0.25) is 0 Å². The highest BCUT2D eigenvalue weighted by molar-refractivity contribution is 8.00. The van der Waals surface area contributed by atoms with Gasteiger partial charge in [0.25, 0.3) is 0 Å². The molecule has 0 saturated carbocycles. The van der Waals surface area contributed by atoms with E-state index in [1.165, 1.54) is 24.8 Å². The lowest BCUT2D eigenvalue weighted by Crippen LogP contribution is -2.02. The van der Waals surface area contributed by atoms with E-state index in [-0.39, 0.29) is 11.0 Å². The number of hydrogen-bond acceptors (Lipinski definition) is 2. The third-order valence-corrected chi connectivity index (χ3v) is 2.90. The highest BCUT2D eigenvalue weighted by Crippen LogP contribution is 2.26. The van der Waals surface area contributed by atoms with E-state index in [1.807, 2.05) is 6.92 Å². The van der Waals surface area contributed by atoms with Crippen LogP contribution < -0.4 is 0 Å². The van der Waals surface area contributed by atoms with Gasteiger partial charge in [-0.25, -0.2) is 8.78 Å². The van der Waals surface area contributed by atoms with Crippen LogP contribution in [-0.2, 0) is 4.79 Å². The maximum atomic E-state index is 12.8. The molecule has 1 aromatic rings.